The number of nitrogens with one attached hydrogen (secondary N) is 1. The first-order valence-electron chi connectivity index (χ1n) is 11.0. The highest BCUT2D eigenvalue weighted by molar-refractivity contribution is 6.31. The molecule has 5 rings (SSSR count). The average Bonchev–Trinajstić information content (AvgIpc) is 3.31. The van der Waals surface area contributed by atoms with Gasteiger partial charge in [0.25, 0.3) is 0 Å². The van der Waals surface area contributed by atoms with Crippen LogP contribution in [0.3, 0.4) is 0 Å². The van der Waals surface area contributed by atoms with E-state index in [1.165, 1.54) is 12.0 Å². The Morgan fingerprint density at radius 3 is 1.85 bits per heavy atom. The summed E-state index contributed by atoms with van der Waals surface area (Å²) in [4.78, 5) is 42.4. The van der Waals surface area contributed by atoms with E-state index in [0.717, 1.165) is 11.1 Å². The second-order valence-corrected chi connectivity index (χ2v) is 9.24. The van der Waals surface area contributed by atoms with E-state index in [9.17, 15) is 14.4 Å². The lowest BCUT2D eigenvalue weighted by Crippen LogP contribution is -2.58. The molecule has 34 heavy (non-hydrogen) atoms. The highest BCUT2D eigenvalue weighted by Crippen LogP contribution is 2.55. The van der Waals surface area contributed by atoms with Gasteiger partial charge < -0.3 is 4.74 Å². The summed E-state index contributed by atoms with van der Waals surface area (Å²) in [6, 6.07) is 25.4. The number of hydrogen-bond acceptors (Lipinski definition) is 5. The Bertz CT molecular complexity index is 1220. The Labute approximate surface area is 202 Å². The topological polar surface area (TPSA) is 75.7 Å². The van der Waals surface area contributed by atoms with Gasteiger partial charge in [0.2, 0.25) is 11.8 Å². The number of nitrogens with zero attached hydrogens (tertiary/aromatic N) is 1. The summed E-state index contributed by atoms with van der Waals surface area (Å²) in [6.07, 6.45) is 0. The summed E-state index contributed by atoms with van der Waals surface area (Å²) in [5.41, 5.74) is -0.606. The molecule has 0 radical (unpaired) electrons. The number of hydrogen-bond donors (Lipinski definition) is 1. The second-order valence-electron chi connectivity index (χ2n) is 8.80. The zero-order valence-electron chi connectivity index (χ0n) is 18.7. The van der Waals surface area contributed by atoms with E-state index in [4.69, 9.17) is 16.3 Å². The molecule has 0 aromatic heterocycles. The fraction of sp³-hybridized carbons (Fsp3) is 0.222. The summed E-state index contributed by atoms with van der Waals surface area (Å²) in [6.45, 7) is 1.64. The van der Waals surface area contributed by atoms with Gasteiger partial charge in [-0.05, 0) is 42.3 Å². The van der Waals surface area contributed by atoms with Crippen molar-refractivity contribution in [2.24, 2.45) is 11.8 Å². The number of halogens is 1. The van der Waals surface area contributed by atoms with E-state index in [0.29, 0.717) is 10.7 Å². The third-order valence-electron chi connectivity index (χ3n) is 7.00. The van der Waals surface area contributed by atoms with Gasteiger partial charge >= 0.3 is 5.97 Å². The molecule has 7 heteroatoms. The molecule has 2 amide bonds. The number of anilines is 1. The number of ether oxygens (including phenoxy) is 1. The zero-order valence-corrected chi connectivity index (χ0v) is 19.5. The second kappa shape index (κ2) is 8.08. The van der Waals surface area contributed by atoms with Gasteiger partial charge in [0, 0.05) is 5.02 Å². The lowest BCUT2D eigenvalue weighted by molar-refractivity contribution is -0.151. The van der Waals surface area contributed by atoms with Gasteiger partial charge in [-0.3, -0.25) is 19.7 Å². The maximum absolute atomic E-state index is 14.1. The van der Waals surface area contributed by atoms with Crippen molar-refractivity contribution in [1.29, 1.82) is 0 Å². The van der Waals surface area contributed by atoms with Crippen LogP contribution >= 0.6 is 11.6 Å². The lowest BCUT2D eigenvalue weighted by atomic mass is 9.70. The molecule has 0 bridgehead atoms. The first-order valence-corrected chi connectivity index (χ1v) is 11.3. The predicted molar refractivity (Wildman–Crippen MR) is 128 cm³/mol. The molecule has 2 heterocycles. The SMILES string of the molecule is COC(=O)[C@]1(C)NC(c2ccccc2)(c2ccccc2)[C@H]2C(=O)N(c3ccc(Cl)cc3)C(=O)[C@H]21. The highest BCUT2D eigenvalue weighted by atomic mass is 35.5. The molecule has 1 N–H and O–H groups in total. The van der Waals surface area contributed by atoms with Crippen molar-refractivity contribution in [3.63, 3.8) is 0 Å². The molecule has 2 fully saturated rings. The monoisotopic (exact) mass is 474 g/mol. The molecule has 0 aliphatic carbocycles. The number of carbonyl (C=O) groups excluding carboxylic acids is 3. The Morgan fingerprint density at radius 2 is 1.35 bits per heavy atom. The highest BCUT2D eigenvalue weighted by Gasteiger charge is 2.73. The van der Waals surface area contributed by atoms with E-state index in [-0.39, 0.29) is 5.91 Å². The molecule has 2 aliphatic rings. The minimum Gasteiger partial charge on any atom is -0.468 e. The van der Waals surface area contributed by atoms with Crippen molar-refractivity contribution in [2.45, 2.75) is 18.0 Å². The van der Waals surface area contributed by atoms with E-state index in [2.05, 4.69) is 5.32 Å². The van der Waals surface area contributed by atoms with Crippen LogP contribution in [0.5, 0.6) is 0 Å². The molecule has 0 unspecified atom stereocenters. The third-order valence-corrected chi connectivity index (χ3v) is 7.26. The summed E-state index contributed by atoms with van der Waals surface area (Å²) in [5.74, 6) is -3.31. The fourth-order valence-corrected chi connectivity index (χ4v) is 5.69. The van der Waals surface area contributed by atoms with Crippen LogP contribution in [0.15, 0.2) is 84.9 Å². The maximum Gasteiger partial charge on any atom is 0.326 e. The summed E-state index contributed by atoms with van der Waals surface area (Å²) in [7, 11) is 1.29. The quantitative estimate of drug-likeness (QED) is 0.458. The van der Waals surface area contributed by atoms with E-state index >= 15 is 0 Å². The van der Waals surface area contributed by atoms with E-state index in [1.807, 2.05) is 60.7 Å². The Morgan fingerprint density at radius 1 is 0.853 bits per heavy atom. The molecule has 3 aromatic carbocycles. The van der Waals surface area contributed by atoms with E-state index in [1.54, 1.807) is 31.2 Å². The van der Waals surface area contributed by atoms with Crippen molar-refractivity contribution < 1.29 is 19.1 Å². The van der Waals surface area contributed by atoms with Gasteiger partial charge in [-0.15, -0.1) is 0 Å². The fourth-order valence-electron chi connectivity index (χ4n) is 5.56. The number of amides is 2. The Kier molecular flexibility index (Phi) is 5.30. The summed E-state index contributed by atoms with van der Waals surface area (Å²) >= 11 is 6.04. The molecule has 6 nitrogen and oxygen atoms in total. The summed E-state index contributed by atoms with van der Waals surface area (Å²) in [5, 5.41) is 3.94. The minimum absolute atomic E-state index is 0.384. The van der Waals surface area contributed by atoms with Gasteiger partial charge in [-0.2, -0.15) is 0 Å². The lowest BCUT2D eigenvalue weighted by Gasteiger charge is -2.38. The largest absolute Gasteiger partial charge is 0.468 e. The van der Waals surface area contributed by atoms with Gasteiger partial charge in [-0.1, -0.05) is 72.3 Å². The van der Waals surface area contributed by atoms with Crippen LogP contribution in [-0.4, -0.2) is 30.4 Å². The molecule has 2 aliphatic heterocycles. The number of rotatable bonds is 4. The maximum atomic E-state index is 14.1. The molecule has 0 saturated carbocycles. The molecule has 3 aromatic rings. The molecule has 2 saturated heterocycles. The number of imide groups is 1. The van der Waals surface area contributed by atoms with Crippen LogP contribution in [0, 0.1) is 11.8 Å². The molecular weight excluding hydrogens is 452 g/mol. The van der Waals surface area contributed by atoms with Gasteiger partial charge in [-0.25, -0.2) is 4.90 Å². The molecule has 0 spiro atoms. The van der Waals surface area contributed by atoms with Crippen LogP contribution in [0.2, 0.25) is 5.02 Å². The van der Waals surface area contributed by atoms with Crippen LogP contribution in [-0.2, 0) is 24.7 Å². The van der Waals surface area contributed by atoms with Crippen molar-refractivity contribution in [3.05, 3.63) is 101 Å². The predicted octanol–water partition coefficient (Wildman–Crippen LogP) is 3.92. The van der Waals surface area contributed by atoms with Gasteiger partial charge in [0.15, 0.2) is 0 Å². The van der Waals surface area contributed by atoms with Crippen molar-refractivity contribution in [1.82, 2.24) is 5.32 Å². The summed E-state index contributed by atoms with van der Waals surface area (Å²) < 4.78 is 5.15. The van der Waals surface area contributed by atoms with Gasteiger partial charge in [0.1, 0.15) is 5.54 Å². The van der Waals surface area contributed by atoms with Gasteiger partial charge in [0.05, 0.1) is 30.2 Å². The first-order chi connectivity index (χ1) is 16.3. The Balaban J connectivity index is 1.79. The van der Waals surface area contributed by atoms with Crippen molar-refractivity contribution >= 4 is 35.1 Å². The van der Waals surface area contributed by atoms with Crippen LogP contribution < -0.4 is 10.2 Å². The average molecular weight is 475 g/mol. The molecule has 172 valence electrons. The third kappa shape index (κ3) is 3.02. The van der Waals surface area contributed by atoms with E-state index < -0.39 is 34.8 Å². The molecular formula is C27H23ClN2O4. The van der Waals surface area contributed by atoms with Crippen molar-refractivity contribution in [2.75, 3.05) is 12.0 Å². The number of methoxy groups -OCH3 is 1. The standard InChI is InChI=1S/C27H23ClN2O4/c1-26(25(33)34-2)21-22(24(32)30(23(21)31)20-15-13-19(28)14-16-20)27(29-26,17-9-5-3-6-10-17)18-11-7-4-8-12-18/h3-16,21-22,29H,1-2H3/t21-,22+,26+/m0/s1. The van der Waals surface area contributed by atoms with Crippen molar-refractivity contribution in [3.8, 4) is 0 Å². The number of fused-ring (bicyclic) bond motifs is 1. The molecule has 3 atom stereocenters. The van der Waals surface area contributed by atoms with Crippen LogP contribution in [0.4, 0.5) is 5.69 Å². The zero-order chi connectivity index (χ0) is 24.1. The van der Waals surface area contributed by atoms with Crippen LogP contribution in [0.1, 0.15) is 18.1 Å². The Hall–Kier alpha value is -3.48. The normalized spacial score (nSPS) is 25.3. The first kappa shape index (κ1) is 22.3. The smallest absolute Gasteiger partial charge is 0.326 e. The number of benzene rings is 3. The minimum atomic E-state index is -1.45. The van der Waals surface area contributed by atoms with Crippen LogP contribution in [0.25, 0.3) is 0 Å². The number of carbonyl (C=O) groups is 3. The number of esters is 1.